The van der Waals surface area contributed by atoms with Gasteiger partial charge in [-0.05, 0) is 82.9 Å². The van der Waals surface area contributed by atoms with Crippen molar-refractivity contribution in [3.63, 3.8) is 0 Å². The Labute approximate surface area is 462 Å². The van der Waals surface area contributed by atoms with Crippen molar-refractivity contribution in [3.05, 3.63) is 60.4 Å². The van der Waals surface area contributed by atoms with Crippen molar-refractivity contribution < 1.29 is 76.4 Å². The number of esters is 4. The lowest BCUT2D eigenvalue weighted by Crippen LogP contribution is -2.44. The summed E-state index contributed by atoms with van der Waals surface area (Å²) < 4.78 is 58.2. The number of cyclic esters (lactones) is 1. The van der Waals surface area contributed by atoms with E-state index in [-0.39, 0.29) is 55.5 Å². The van der Waals surface area contributed by atoms with Gasteiger partial charge in [-0.15, -0.1) is 0 Å². The average Bonchev–Trinajstić information content (AvgIpc) is 3.39. The summed E-state index contributed by atoms with van der Waals surface area (Å²) in [5.41, 5.74) is 1.11. The number of nitrogens with zero attached hydrogens (tertiary/aromatic N) is 2. The summed E-state index contributed by atoms with van der Waals surface area (Å²) in [6.45, 7) is 15.3. The Balaban J connectivity index is 3.70. The molecule has 442 valence electrons. The van der Waals surface area contributed by atoms with Gasteiger partial charge in [0, 0.05) is 106 Å². The zero-order valence-corrected chi connectivity index (χ0v) is 49.8. The molecule has 0 saturated heterocycles. The largest absolute Gasteiger partial charge is 0.462 e. The molecular formula is C59H100N2O16. The third-order valence-corrected chi connectivity index (χ3v) is 14.7. The second-order valence-corrected chi connectivity index (χ2v) is 21.2. The Morgan fingerprint density at radius 1 is 0.844 bits per heavy atom. The molecule has 0 aliphatic carbocycles. The molecule has 1 heterocycles. The maximum atomic E-state index is 13.6. The van der Waals surface area contributed by atoms with Gasteiger partial charge in [-0.25, -0.2) is 9.59 Å². The molecule has 1 aliphatic rings. The van der Waals surface area contributed by atoms with Crippen LogP contribution in [0.2, 0.25) is 0 Å². The van der Waals surface area contributed by atoms with Crippen LogP contribution in [0.1, 0.15) is 113 Å². The quantitative estimate of drug-likeness (QED) is 0.0379. The van der Waals surface area contributed by atoms with Gasteiger partial charge in [-0.1, -0.05) is 84.1 Å². The van der Waals surface area contributed by atoms with Gasteiger partial charge in [0.1, 0.15) is 30.5 Å². The molecule has 77 heavy (non-hydrogen) atoms. The first-order valence-corrected chi connectivity index (χ1v) is 27.3. The van der Waals surface area contributed by atoms with Gasteiger partial charge in [0.05, 0.1) is 37.6 Å². The van der Waals surface area contributed by atoms with Gasteiger partial charge < -0.3 is 57.4 Å². The minimum Gasteiger partial charge on any atom is -0.462 e. The zero-order chi connectivity index (χ0) is 58.2. The minimum atomic E-state index is -0.997. The molecule has 2 unspecified atom stereocenters. The number of aliphatic hydroxyl groups is 1. The maximum absolute atomic E-state index is 13.6. The van der Waals surface area contributed by atoms with E-state index in [2.05, 4.69) is 19.9 Å². The van der Waals surface area contributed by atoms with E-state index in [4.69, 9.17) is 47.4 Å². The fourth-order valence-corrected chi connectivity index (χ4v) is 9.49. The Kier molecular flexibility index (Phi) is 36.0. The molecule has 0 spiro atoms. The molecule has 0 bridgehead atoms. The third-order valence-electron chi connectivity index (χ3n) is 14.7. The fourth-order valence-electron chi connectivity index (χ4n) is 9.49. The van der Waals surface area contributed by atoms with E-state index >= 15 is 0 Å². The van der Waals surface area contributed by atoms with Crippen LogP contribution < -0.4 is 0 Å². The number of hydrogen-bond acceptors (Lipinski definition) is 17. The molecule has 1 N–H and O–H groups in total. The number of carbonyl (C=O) groups excluding carboxylic acids is 5. The minimum absolute atomic E-state index is 0.0335. The summed E-state index contributed by atoms with van der Waals surface area (Å²) in [6, 6.07) is -0.653. The molecule has 1 rings (SSSR count). The van der Waals surface area contributed by atoms with Crippen LogP contribution in [0.3, 0.4) is 0 Å². The molecule has 18 heteroatoms. The number of aliphatic hydroxyl groups excluding tert-OH is 1. The van der Waals surface area contributed by atoms with E-state index in [1.807, 2.05) is 46.8 Å². The third kappa shape index (κ3) is 27.0. The molecular weight excluding hydrogens is 993 g/mol. The number of carbonyl (C=O) groups is 5. The van der Waals surface area contributed by atoms with Crippen LogP contribution in [0.4, 0.5) is 0 Å². The molecule has 0 fully saturated rings. The SMILES string of the molecule is COC[C@@H](OC)C(=O)O[C@H](CC[C@H](C)[C@H](C[C@@H]1C/C=C/[C@H](OC)C[C@H](C)C/C=C(\C)C(OC)CC[C@@H](C)[C@@H](O)[C@H](C)C(OC(=O)[C@H](COC)N(C)C)C/C=C/C=C/C(=O)O1)OC)[C@@H](C)[C@H](OC(C)=O)[C@H](C)/C=C/N(C)C=O. The first-order valence-electron chi connectivity index (χ1n) is 27.3. The summed E-state index contributed by atoms with van der Waals surface area (Å²) in [6.07, 6.45) is 15.9. The monoisotopic (exact) mass is 1090 g/mol. The molecule has 0 aromatic rings. The van der Waals surface area contributed by atoms with E-state index in [1.165, 1.54) is 39.2 Å². The Hall–Kier alpha value is -4.27. The van der Waals surface area contributed by atoms with Crippen LogP contribution in [-0.2, 0) is 71.3 Å². The van der Waals surface area contributed by atoms with E-state index in [0.717, 1.165) is 18.4 Å². The first-order chi connectivity index (χ1) is 36.5. The van der Waals surface area contributed by atoms with Crippen molar-refractivity contribution in [1.29, 1.82) is 0 Å². The van der Waals surface area contributed by atoms with Gasteiger partial charge >= 0.3 is 23.9 Å². The standard InChI is InChI=1S/C59H100N2O16/c1-39-26-27-40(2)50(71-15)30-29-42(4)56(65)44(6)51(76-58(66)49(36-68-12)60(9)10)24-19-18-20-25-55(64)75-48(23-21-22-47(34-39)70-14)35-53(72-16)41(3)28-31-52(77-59(67)54(73-17)37-69-13)45(7)57(74-46(8)63)43(5)32-33-61(11)38-62/h18-22,25,27,32-33,38-39,41-45,47-54,56-57,65H,23-24,26,28-31,34-37H2,1-17H3/b19-18+,22-21+,25-20+,33-32+,40-27+/t39-,41+,42-,43-,44-,45-,47+,48+,49+,50?,51?,52-,53+,54-,56-,57-/m1/s1. The number of hydrogen-bond donors (Lipinski definition) is 1. The van der Waals surface area contributed by atoms with Crippen molar-refractivity contribution in [2.45, 2.75) is 174 Å². The van der Waals surface area contributed by atoms with Crippen molar-refractivity contribution in [3.8, 4) is 0 Å². The summed E-state index contributed by atoms with van der Waals surface area (Å²) in [7, 11) is 14.5. The predicted octanol–water partition coefficient (Wildman–Crippen LogP) is 7.86. The van der Waals surface area contributed by atoms with Gasteiger partial charge in [-0.2, -0.15) is 0 Å². The lowest BCUT2D eigenvalue weighted by atomic mass is 9.84. The molecule has 18 nitrogen and oxygen atoms in total. The Morgan fingerprint density at radius 2 is 1.53 bits per heavy atom. The highest BCUT2D eigenvalue weighted by atomic mass is 16.6. The van der Waals surface area contributed by atoms with Crippen LogP contribution >= 0.6 is 0 Å². The second kappa shape index (κ2) is 39.2. The van der Waals surface area contributed by atoms with Gasteiger partial charge in [0.15, 0.2) is 6.10 Å². The topological polar surface area (TPSA) is 204 Å². The Morgan fingerprint density at radius 3 is 2.12 bits per heavy atom. The number of ether oxygens (including phenoxy) is 10. The number of amides is 1. The smallest absolute Gasteiger partial charge is 0.337 e. The summed E-state index contributed by atoms with van der Waals surface area (Å²) in [4.78, 5) is 67.6. The van der Waals surface area contributed by atoms with Crippen molar-refractivity contribution >= 4 is 30.3 Å². The maximum Gasteiger partial charge on any atom is 0.337 e. The van der Waals surface area contributed by atoms with Crippen molar-refractivity contribution in [1.82, 2.24) is 9.80 Å². The lowest BCUT2D eigenvalue weighted by molar-refractivity contribution is -0.173. The van der Waals surface area contributed by atoms with Gasteiger partial charge in [0.25, 0.3) is 0 Å². The fraction of sp³-hybridized carbons (Fsp3) is 0.746. The molecule has 0 aromatic heterocycles. The predicted molar refractivity (Wildman–Crippen MR) is 296 cm³/mol. The van der Waals surface area contributed by atoms with Crippen LogP contribution in [0.15, 0.2) is 60.4 Å². The number of rotatable bonds is 26. The molecule has 16 atom stereocenters. The summed E-state index contributed by atoms with van der Waals surface area (Å²) in [5.74, 6) is -3.56. The highest BCUT2D eigenvalue weighted by molar-refractivity contribution is 5.82. The lowest BCUT2D eigenvalue weighted by Gasteiger charge is -2.34. The molecule has 1 amide bonds. The summed E-state index contributed by atoms with van der Waals surface area (Å²) >= 11 is 0. The van der Waals surface area contributed by atoms with E-state index in [0.29, 0.717) is 44.9 Å². The van der Waals surface area contributed by atoms with E-state index in [9.17, 15) is 29.1 Å². The molecule has 0 saturated carbocycles. The van der Waals surface area contributed by atoms with Crippen LogP contribution in [0.25, 0.3) is 0 Å². The summed E-state index contributed by atoms with van der Waals surface area (Å²) in [5, 5.41) is 11.7. The van der Waals surface area contributed by atoms with Gasteiger partial charge in [0.2, 0.25) is 6.41 Å². The van der Waals surface area contributed by atoms with E-state index in [1.54, 1.807) is 77.9 Å². The molecule has 0 aromatic carbocycles. The van der Waals surface area contributed by atoms with Crippen molar-refractivity contribution in [2.75, 3.05) is 77.0 Å². The van der Waals surface area contributed by atoms with Crippen LogP contribution in [0, 0.1) is 35.5 Å². The highest BCUT2D eigenvalue weighted by Crippen LogP contribution is 2.31. The second-order valence-electron chi connectivity index (χ2n) is 21.2. The number of allylic oxidation sites excluding steroid dienone is 3. The first kappa shape index (κ1) is 70.7. The number of likely N-dealkylation sites (N-methyl/N-ethyl adjacent to an activating group) is 1. The Bertz CT molecular complexity index is 1850. The van der Waals surface area contributed by atoms with Crippen LogP contribution in [-0.4, -0.2) is 183 Å². The van der Waals surface area contributed by atoms with Crippen LogP contribution in [0.5, 0.6) is 0 Å². The van der Waals surface area contributed by atoms with E-state index < -0.39 is 84.5 Å². The zero-order valence-electron chi connectivity index (χ0n) is 49.8. The molecule has 0 radical (unpaired) electrons. The van der Waals surface area contributed by atoms with Gasteiger partial charge in [-0.3, -0.25) is 19.3 Å². The normalized spacial score (nSPS) is 27.9. The molecule has 1 aliphatic heterocycles. The number of methoxy groups -OCH3 is 6. The highest BCUT2D eigenvalue weighted by Gasteiger charge is 2.37. The average molecular weight is 1090 g/mol. The van der Waals surface area contributed by atoms with Crippen molar-refractivity contribution in [2.24, 2.45) is 35.5 Å².